The molecule has 4 heteroatoms. The van der Waals surface area contributed by atoms with Crippen molar-refractivity contribution < 1.29 is 4.92 Å². The van der Waals surface area contributed by atoms with Crippen molar-refractivity contribution in [3.63, 3.8) is 0 Å². The van der Waals surface area contributed by atoms with Crippen LogP contribution in [-0.4, -0.2) is 9.91 Å². The first kappa shape index (κ1) is 11.3. The number of nitro benzene ring substituents is 1. The van der Waals surface area contributed by atoms with Crippen molar-refractivity contribution in [2.75, 3.05) is 0 Å². The van der Waals surface area contributed by atoms with Crippen LogP contribution in [0, 0.1) is 10.1 Å². The maximum atomic E-state index is 10.8. The quantitative estimate of drug-likeness (QED) is 0.513. The van der Waals surface area contributed by atoms with Gasteiger partial charge in [-0.2, -0.15) is 0 Å². The van der Waals surface area contributed by atoms with Gasteiger partial charge in [-0.25, -0.2) is 0 Å². The number of rotatable bonds is 2. The number of fused-ring (bicyclic) bond motifs is 1. The van der Waals surface area contributed by atoms with Crippen LogP contribution in [0.1, 0.15) is 0 Å². The van der Waals surface area contributed by atoms with Crippen LogP contribution < -0.4 is 0 Å². The first-order valence-corrected chi connectivity index (χ1v) is 5.83. The number of benzene rings is 2. The highest BCUT2D eigenvalue weighted by atomic mass is 16.6. The van der Waals surface area contributed by atoms with Crippen molar-refractivity contribution >= 4 is 16.5 Å². The SMILES string of the molecule is O=[N+]([O-])c1cccc(-c2cccc3cnccc23)c1. The third-order valence-corrected chi connectivity index (χ3v) is 3.05. The molecule has 0 radical (unpaired) electrons. The minimum atomic E-state index is -0.379. The molecule has 0 saturated carbocycles. The van der Waals surface area contributed by atoms with Crippen molar-refractivity contribution in [3.05, 3.63) is 71.0 Å². The van der Waals surface area contributed by atoms with Gasteiger partial charge < -0.3 is 0 Å². The van der Waals surface area contributed by atoms with Crippen LogP contribution in [0.5, 0.6) is 0 Å². The van der Waals surface area contributed by atoms with Crippen LogP contribution in [0.25, 0.3) is 21.9 Å². The van der Waals surface area contributed by atoms with Gasteiger partial charge in [-0.3, -0.25) is 15.1 Å². The number of aromatic nitrogens is 1. The average Bonchev–Trinajstić information content (AvgIpc) is 2.47. The zero-order valence-corrected chi connectivity index (χ0v) is 9.98. The van der Waals surface area contributed by atoms with E-state index in [1.807, 2.05) is 30.3 Å². The Balaban J connectivity index is 2.24. The molecule has 3 aromatic rings. The molecule has 0 aliphatic carbocycles. The molecule has 19 heavy (non-hydrogen) atoms. The van der Waals surface area contributed by atoms with Crippen LogP contribution in [0.15, 0.2) is 60.9 Å². The van der Waals surface area contributed by atoms with Crippen LogP contribution in [0.2, 0.25) is 0 Å². The molecule has 1 heterocycles. The second kappa shape index (κ2) is 4.49. The Labute approximate surface area is 109 Å². The predicted molar refractivity (Wildman–Crippen MR) is 73.8 cm³/mol. The lowest BCUT2D eigenvalue weighted by atomic mass is 9.99. The molecule has 0 amide bonds. The molecular formula is C15H10N2O2. The summed E-state index contributed by atoms with van der Waals surface area (Å²) in [6, 6.07) is 14.5. The van der Waals surface area contributed by atoms with Gasteiger partial charge in [-0.1, -0.05) is 30.3 Å². The fraction of sp³-hybridized carbons (Fsp3) is 0. The Hall–Kier alpha value is -2.75. The molecule has 0 aliphatic rings. The number of non-ortho nitro benzene ring substituents is 1. The Morgan fingerprint density at radius 3 is 2.74 bits per heavy atom. The van der Waals surface area contributed by atoms with Crippen molar-refractivity contribution in [3.8, 4) is 11.1 Å². The Bertz CT molecular complexity index is 763. The molecule has 2 aromatic carbocycles. The van der Waals surface area contributed by atoms with Crippen LogP contribution >= 0.6 is 0 Å². The number of hydrogen-bond donors (Lipinski definition) is 0. The standard InChI is InChI=1S/C15H10N2O2/c18-17(19)13-5-1-3-11(9-13)14-6-2-4-12-10-16-8-7-15(12)14/h1-10H. The molecule has 0 N–H and O–H groups in total. The van der Waals surface area contributed by atoms with Gasteiger partial charge in [0.05, 0.1) is 4.92 Å². The van der Waals surface area contributed by atoms with Crippen LogP contribution in [0.4, 0.5) is 5.69 Å². The zero-order valence-electron chi connectivity index (χ0n) is 9.98. The fourth-order valence-corrected chi connectivity index (χ4v) is 2.16. The van der Waals surface area contributed by atoms with Gasteiger partial charge in [-0.15, -0.1) is 0 Å². The molecule has 0 aliphatic heterocycles. The number of nitro groups is 1. The van der Waals surface area contributed by atoms with E-state index in [-0.39, 0.29) is 10.6 Å². The van der Waals surface area contributed by atoms with Crippen molar-refractivity contribution in [1.29, 1.82) is 0 Å². The van der Waals surface area contributed by atoms with Gasteiger partial charge in [0.2, 0.25) is 0 Å². The predicted octanol–water partition coefficient (Wildman–Crippen LogP) is 3.81. The van der Waals surface area contributed by atoms with Crippen LogP contribution in [-0.2, 0) is 0 Å². The highest BCUT2D eigenvalue weighted by Gasteiger charge is 2.09. The highest BCUT2D eigenvalue weighted by molar-refractivity contribution is 5.96. The van der Waals surface area contributed by atoms with Gasteiger partial charge in [-0.05, 0) is 22.6 Å². The average molecular weight is 250 g/mol. The summed E-state index contributed by atoms with van der Waals surface area (Å²) in [7, 11) is 0. The topological polar surface area (TPSA) is 56.0 Å². The van der Waals surface area contributed by atoms with Gasteiger partial charge in [0.25, 0.3) is 5.69 Å². The van der Waals surface area contributed by atoms with Crippen molar-refractivity contribution in [1.82, 2.24) is 4.98 Å². The van der Waals surface area contributed by atoms with Gasteiger partial charge in [0.15, 0.2) is 0 Å². The molecular weight excluding hydrogens is 240 g/mol. The van der Waals surface area contributed by atoms with Gasteiger partial charge >= 0.3 is 0 Å². The van der Waals surface area contributed by atoms with E-state index in [0.29, 0.717) is 0 Å². The monoisotopic (exact) mass is 250 g/mol. The Kier molecular flexibility index (Phi) is 2.68. The molecule has 0 spiro atoms. The van der Waals surface area contributed by atoms with E-state index < -0.39 is 0 Å². The van der Waals surface area contributed by atoms with Crippen LogP contribution in [0.3, 0.4) is 0 Å². The number of nitrogens with zero attached hydrogens (tertiary/aromatic N) is 2. The number of hydrogen-bond acceptors (Lipinski definition) is 3. The molecule has 1 aromatic heterocycles. The summed E-state index contributed by atoms with van der Waals surface area (Å²) >= 11 is 0. The normalized spacial score (nSPS) is 10.5. The van der Waals surface area contributed by atoms with Crippen molar-refractivity contribution in [2.45, 2.75) is 0 Å². The number of pyridine rings is 1. The van der Waals surface area contributed by atoms with E-state index >= 15 is 0 Å². The first-order chi connectivity index (χ1) is 9.25. The minimum Gasteiger partial charge on any atom is -0.264 e. The van der Waals surface area contributed by atoms with E-state index in [1.165, 1.54) is 6.07 Å². The summed E-state index contributed by atoms with van der Waals surface area (Å²) in [5, 5.41) is 12.9. The summed E-state index contributed by atoms with van der Waals surface area (Å²) in [6.45, 7) is 0. The van der Waals surface area contributed by atoms with Gasteiger partial charge in [0, 0.05) is 29.9 Å². The van der Waals surface area contributed by atoms with E-state index in [4.69, 9.17) is 0 Å². The summed E-state index contributed by atoms with van der Waals surface area (Å²) in [5.41, 5.74) is 1.91. The molecule has 0 atom stereocenters. The summed E-state index contributed by atoms with van der Waals surface area (Å²) in [5.74, 6) is 0. The maximum Gasteiger partial charge on any atom is 0.270 e. The molecule has 4 nitrogen and oxygen atoms in total. The lowest BCUT2D eigenvalue weighted by Crippen LogP contribution is -1.88. The lowest BCUT2D eigenvalue weighted by Gasteiger charge is -2.06. The third-order valence-electron chi connectivity index (χ3n) is 3.05. The lowest BCUT2D eigenvalue weighted by molar-refractivity contribution is -0.384. The Morgan fingerprint density at radius 1 is 1.05 bits per heavy atom. The molecule has 0 saturated heterocycles. The summed E-state index contributed by atoms with van der Waals surface area (Å²) in [6.07, 6.45) is 3.51. The summed E-state index contributed by atoms with van der Waals surface area (Å²) in [4.78, 5) is 14.6. The minimum absolute atomic E-state index is 0.101. The zero-order chi connectivity index (χ0) is 13.2. The summed E-state index contributed by atoms with van der Waals surface area (Å²) < 4.78 is 0. The van der Waals surface area contributed by atoms with E-state index in [2.05, 4.69) is 4.98 Å². The van der Waals surface area contributed by atoms with Gasteiger partial charge in [0.1, 0.15) is 0 Å². The fourth-order valence-electron chi connectivity index (χ4n) is 2.16. The Morgan fingerprint density at radius 2 is 1.89 bits per heavy atom. The smallest absolute Gasteiger partial charge is 0.264 e. The van der Waals surface area contributed by atoms with Crippen molar-refractivity contribution in [2.24, 2.45) is 0 Å². The third kappa shape index (κ3) is 2.04. The second-order valence-corrected chi connectivity index (χ2v) is 4.21. The van der Waals surface area contributed by atoms with E-state index in [9.17, 15) is 10.1 Å². The molecule has 0 fully saturated rings. The second-order valence-electron chi connectivity index (χ2n) is 4.21. The molecule has 0 bridgehead atoms. The molecule has 0 unspecified atom stereocenters. The first-order valence-electron chi connectivity index (χ1n) is 5.83. The van der Waals surface area contributed by atoms with E-state index in [0.717, 1.165) is 21.9 Å². The highest BCUT2D eigenvalue weighted by Crippen LogP contribution is 2.29. The largest absolute Gasteiger partial charge is 0.270 e. The molecule has 3 rings (SSSR count). The van der Waals surface area contributed by atoms with E-state index in [1.54, 1.807) is 24.5 Å². The maximum absolute atomic E-state index is 10.8. The molecule has 92 valence electrons.